The zero-order valence-electron chi connectivity index (χ0n) is 16.1. The van der Waals surface area contributed by atoms with E-state index in [0.717, 1.165) is 37.5 Å². The van der Waals surface area contributed by atoms with Gasteiger partial charge in [0.1, 0.15) is 0 Å². The first-order valence-corrected chi connectivity index (χ1v) is 9.24. The molecule has 0 aromatic carbocycles. The van der Waals surface area contributed by atoms with Crippen LogP contribution >= 0.6 is 0 Å². The third-order valence-electron chi connectivity index (χ3n) is 4.53. The average Bonchev–Trinajstić information content (AvgIpc) is 3.37. The zero-order valence-corrected chi connectivity index (χ0v) is 16.1. The molecule has 0 aliphatic heterocycles. The van der Waals surface area contributed by atoms with Gasteiger partial charge < -0.3 is 16.0 Å². The Bertz CT molecular complexity index is 617. The van der Waals surface area contributed by atoms with E-state index in [1.165, 1.54) is 11.3 Å². The van der Waals surface area contributed by atoms with Crippen molar-refractivity contribution in [3.63, 3.8) is 0 Å². The first-order chi connectivity index (χ1) is 11.9. The number of hydrogen-bond acceptors (Lipinski definition) is 3. The van der Waals surface area contributed by atoms with Crippen molar-refractivity contribution >= 4 is 11.9 Å². The normalized spacial score (nSPS) is 15.8. The summed E-state index contributed by atoms with van der Waals surface area (Å²) in [6.45, 7) is 10.3. The molecule has 1 aromatic rings. The third kappa shape index (κ3) is 5.76. The molecule has 1 atom stereocenters. The van der Waals surface area contributed by atoms with Crippen LogP contribution in [0.5, 0.6) is 0 Å². The number of amides is 1. The Morgan fingerprint density at radius 1 is 1.36 bits per heavy atom. The number of carbonyl (C=O) groups is 1. The minimum Gasteiger partial charge on any atom is -0.357 e. The lowest BCUT2D eigenvalue weighted by Crippen LogP contribution is -2.43. The van der Waals surface area contributed by atoms with Crippen LogP contribution < -0.4 is 16.0 Å². The van der Waals surface area contributed by atoms with Crippen LogP contribution in [0.3, 0.4) is 0 Å². The Morgan fingerprint density at radius 3 is 2.64 bits per heavy atom. The van der Waals surface area contributed by atoms with E-state index >= 15 is 0 Å². The predicted molar refractivity (Wildman–Crippen MR) is 101 cm³/mol. The molecule has 2 rings (SSSR count). The molecule has 0 saturated heterocycles. The fourth-order valence-electron chi connectivity index (χ4n) is 2.86. The Labute approximate surface area is 150 Å². The highest BCUT2D eigenvalue weighted by Crippen LogP contribution is 2.28. The summed E-state index contributed by atoms with van der Waals surface area (Å²) < 4.78 is 1.93. The number of aliphatic imine (C=N–C) groups is 1. The molecule has 1 aliphatic carbocycles. The van der Waals surface area contributed by atoms with Gasteiger partial charge in [-0.3, -0.25) is 14.5 Å². The molecule has 0 bridgehead atoms. The number of hydrogen-bond donors (Lipinski definition) is 3. The van der Waals surface area contributed by atoms with Crippen molar-refractivity contribution in [3.05, 3.63) is 17.0 Å². The van der Waals surface area contributed by atoms with E-state index in [9.17, 15) is 4.79 Å². The fourth-order valence-corrected chi connectivity index (χ4v) is 2.86. The van der Waals surface area contributed by atoms with Crippen molar-refractivity contribution in [1.29, 1.82) is 0 Å². The van der Waals surface area contributed by atoms with Gasteiger partial charge in [-0.2, -0.15) is 5.10 Å². The molecule has 1 aromatic heterocycles. The molecule has 1 aliphatic rings. The average molecular weight is 348 g/mol. The topological polar surface area (TPSA) is 83.3 Å². The summed E-state index contributed by atoms with van der Waals surface area (Å²) in [4.78, 5) is 16.2. The maximum atomic E-state index is 11.6. The summed E-state index contributed by atoms with van der Waals surface area (Å²) >= 11 is 0. The highest BCUT2D eigenvalue weighted by molar-refractivity contribution is 5.81. The van der Waals surface area contributed by atoms with Crippen molar-refractivity contribution in [2.45, 2.75) is 53.0 Å². The van der Waals surface area contributed by atoms with Crippen LogP contribution in [-0.4, -0.2) is 47.3 Å². The number of aromatic nitrogens is 2. The van der Waals surface area contributed by atoms with Gasteiger partial charge in [0.05, 0.1) is 12.2 Å². The molecule has 1 fully saturated rings. The molecule has 1 saturated carbocycles. The molecular formula is C18H32N6O. The van der Waals surface area contributed by atoms with E-state index in [2.05, 4.69) is 46.8 Å². The number of carbonyl (C=O) groups excluding carboxylic acids is 1. The first kappa shape index (κ1) is 19.3. The van der Waals surface area contributed by atoms with Crippen molar-refractivity contribution in [1.82, 2.24) is 25.7 Å². The number of nitrogens with one attached hydrogen (secondary N) is 3. The van der Waals surface area contributed by atoms with Crippen LogP contribution in [0.25, 0.3) is 0 Å². The van der Waals surface area contributed by atoms with E-state index in [1.807, 2.05) is 18.7 Å². The molecule has 1 amide bonds. The van der Waals surface area contributed by atoms with Crippen molar-refractivity contribution in [2.24, 2.45) is 18.0 Å². The molecule has 0 spiro atoms. The molecule has 7 heteroatoms. The maximum Gasteiger partial charge on any atom is 0.223 e. The van der Waals surface area contributed by atoms with Crippen molar-refractivity contribution in [3.8, 4) is 0 Å². The number of nitrogens with zero attached hydrogens (tertiary/aromatic N) is 3. The summed E-state index contributed by atoms with van der Waals surface area (Å²) in [6.07, 6.45) is 2.96. The van der Waals surface area contributed by atoms with Crippen LogP contribution in [0.15, 0.2) is 4.99 Å². The Kier molecular flexibility index (Phi) is 6.84. The smallest absolute Gasteiger partial charge is 0.223 e. The second-order valence-electron chi connectivity index (χ2n) is 6.85. The lowest BCUT2D eigenvalue weighted by molar-refractivity contribution is -0.122. The Balaban J connectivity index is 1.83. The summed E-state index contributed by atoms with van der Waals surface area (Å²) in [5.41, 5.74) is 3.57. The van der Waals surface area contributed by atoms with Crippen molar-refractivity contribution < 1.29 is 4.79 Å². The second-order valence-corrected chi connectivity index (χ2v) is 6.85. The highest BCUT2D eigenvalue weighted by atomic mass is 16.2. The minimum atomic E-state index is 0.170. The summed E-state index contributed by atoms with van der Waals surface area (Å²) in [5.74, 6) is 1.21. The fraction of sp³-hybridized carbons (Fsp3) is 0.722. The quantitative estimate of drug-likeness (QED) is 0.372. The summed E-state index contributed by atoms with van der Waals surface area (Å²) in [5, 5.41) is 14.1. The van der Waals surface area contributed by atoms with Crippen LogP contribution in [-0.2, 0) is 18.3 Å². The molecule has 1 unspecified atom stereocenters. The lowest BCUT2D eigenvalue weighted by atomic mass is 10.1. The van der Waals surface area contributed by atoms with Gasteiger partial charge in [-0.1, -0.05) is 0 Å². The number of guanidine groups is 1. The first-order valence-electron chi connectivity index (χ1n) is 9.24. The molecule has 25 heavy (non-hydrogen) atoms. The maximum absolute atomic E-state index is 11.6. The van der Waals surface area contributed by atoms with Crippen molar-refractivity contribution in [2.75, 3.05) is 19.6 Å². The zero-order chi connectivity index (χ0) is 18.4. The van der Waals surface area contributed by atoms with Gasteiger partial charge in [0.25, 0.3) is 0 Å². The summed E-state index contributed by atoms with van der Waals surface area (Å²) in [7, 11) is 1.98. The minimum absolute atomic E-state index is 0.170. The largest absolute Gasteiger partial charge is 0.357 e. The van der Waals surface area contributed by atoms with Gasteiger partial charge in [0.2, 0.25) is 5.91 Å². The monoisotopic (exact) mass is 348 g/mol. The standard InChI is InChI=1S/C18H32N6O/c1-6-19-18(21-10-9-20-17(25)15-7-8-15)22-12(2)11-16-13(3)23-24(5)14(16)4/h12,15H,6-11H2,1-5H3,(H,20,25)(H2,19,21,22). The molecule has 7 nitrogen and oxygen atoms in total. The molecule has 0 radical (unpaired) electrons. The van der Waals surface area contributed by atoms with Crippen LogP contribution in [0, 0.1) is 19.8 Å². The van der Waals surface area contributed by atoms with E-state index in [-0.39, 0.29) is 17.9 Å². The number of rotatable bonds is 8. The van der Waals surface area contributed by atoms with E-state index in [4.69, 9.17) is 0 Å². The Morgan fingerprint density at radius 2 is 2.08 bits per heavy atom. The molecule has 140 valence electrons. The molecule has 1 heterocycles. The van der Waals surface area contributed by atoms with Crippen LogP contribution in [0.1, 0.15) is 43.6 Å². The predicted octanol–water partition coefficient (Wildman–Crippen LogP) is 1.05. The highest BCUT2D eigenvalue weighted by Gasteiger charge is 2.28. The Hall–Kier alpha value is -2.05. The van der Waals surface area contributed by atoms with Gasteiger partial charge in [0, 0.05) is 37.8 Å². The number of aryl methyl sites for hydroxylation is 2. The SMILES string of the molecule is CCNC(=NCCNC(=O)C1CC1)NC(C)Cc1c(C)nn(C)c1C. The van der Waals surface area contributed by atoms with Gasteiger partial charge in [-0.05, 0) is 52.5 Å². The summed E-state index contributed by atoms with van der Waals surface area (Å²) in [6, 6.07) is 0.237. The van der Waals surface area contributed by atoms with E-state index < -0.39 is 0 Å². The lowest BCUT2D eigenvalue weighted by Gasteiger charge is -2.18. The van der Waals surface area contributed by atoms with Crippen LogP contribution in [0.2, 0.25) is 0 Å². The van der Waals surface area contributed by atoms with Crippen LogP contribution in [0.4, 0.5) is 0 Å². The molecular weight excluding hydrogens is 316 g/mol. The van der Waals surface area contributed by atoms with Gasteiger partial charge >= 0.3 is 0 Å². The van der Waals surface area contributed by atoms with Gasteiger partial charge in [0.15, 0.2) is 5.96 Å². The molecule has 3 N–H and O–H groups in total. The second kappa shape index (κ2) is 8.87. The van der Waals surface area contributed by atoms with Gasteiger partial charge in [-0.15, -0.1) is 0 Å². The van der Waals surface area contributed by atoms with Gasteiger partial charge in [-0.25, -0.2) is 0 Å². The van der Waals surface area contributed by atoms with E-state index in [0.29, 0.717) is 13.1 Å². The van der Waals surface area contributed by atoms with E-state index in [1.54, 1.807) is 0 Å². The third-order valence-corrected chi connectivity index (χ3v) is 4.53.